The number of allylic oxidation sites excluding steroid dienone is 2. The molecule has 0 saturated heterocycles. The van der Waals surface area contributed by atoms with Crippen LogP contribution in [-0.4, -0.2) is 10.8 Å². The van der Waals surface area contributed by atoms with Gasteiger partial charge in [-0.3, -0.25) is 9.69 Å². The van der Waals surface area contributed by atoms with E-state index >= 15 is 0 Å². The van der Waals surface area contributed by atoms with Crippen molar-refractivity contribution in [2.75, 3.05) is 0 Å². The van der Waals surface area contributed by atoms with Crippen molar-refractivity contribution < 1.29 is 4.79 Å². The summed E-state index contributed by atoms with van der Waals surface area (Å²) < 4.78 is 0. The standard InChI is InChI=1S/C18H13Cl2NO/c19-16-8-4-7-15(17(16)20)13-9-11-21(12-10-13)18(22)14-5-2-1-3-6-14/h1-13H. The molecule has 0 N–H and O–H groups in total. The monoisotopic (exact) mass is 329 g/mol. The highest BCUT2D eigenvalue weighted by Crippen LogP contribution is 2.33. The number of amides is 1. The van der Waals surface area contributed by atoms with Crippen LogP contribution in [0.1, 0.15) is 21.8 Å². The molecule has 0 aromatic heterocycles. The Labute approximate surface area is 139 Å². The molecular formula is C18H13Cl2NO. The molecule has 1 heterocycles. The number of benzene rings is 2. The smallest absolute Gasteiger partial charge is 0.261 e. The van der Waals surface area contributed by atoms with Crippen LogP contribution in [0.25, 0.3) is 0 Å². The maximum absolute atomic E-state index is 12.3. The molecule has 2 aromatic rings. The van der Waals surface area contributed by atoms with Crippen molar-refractivity contribution in [1.29, 1.82) is 0 Å². The van der Waals surface area contributed by atoms with E-state index in [1.165, 1.54) is 0 Å². The summed E-state index contributed by atoms with van der Waals surface area (Å²) in [5.74, 6) is -0.0604. The lowest BCUT2D eigenvalue weighted by atomic mass is 9.97. The first-order chi connectivity index (χ1) is 10.7. The summed E-state index contributed by atoms with van der Waals surface area (Å²) in [5, 5.41) is 1.08. The molecule has 22 heavy (non-hydrogen) atoms. The van der Waals surface area contributed by atoms with Crippen LogP contribution in [-0.2, 0) is 0 Å². The molecule has 0 spiro atoms. The van der Waals surface area contributed by atoms with Gasteiger partial charge in [-0.1, -0.05) is 65.7 Å². The summed E-state index contributed by atoms with van der Waals surface area (Å²) >= 11 is 12.3. The van der Waals surface area contributed by atoms with Gasteiger partial charge in [0, 0.05) is 23.9 Å². The fourth-order valence-electron chi connectivity index (χ4n) is 2.34. The minimum atomic E-state index is -0.0660. The number of carbonyl (C=O) groups is 1. The zero-order valence-corrected chi connectivity index (χ0v) is 13.1. The van der Waals surface area contributed by atoms with Crippen molar-refractivity contribution >= 4 is 29.1 Å². The van der Waals surface area contributed by atoms with Gasteiger partial charge in [0.15, 0.2) is 0 Å². The third-order valence-corrected chi connectivity index (χ3v) is 4.34. The SMILES string of the molecule is O=C(c1ccccc1)N1C=CC(c2cccc(Cl)c2Cl)C=C1. The molecule has 0 saturated carbocycles. The highest BCUT2D eigenvalue weighted by atomic mass is 35.5. The van der Waals surface area contributed by atoms with E-state index in [4.69, 9.17) is 23.2 Å². The van der Waals surface area contributed by atoms with Crippen LogP contribution in [0.15, 0.2) is 73.1 Å². The predicted octanol–water partition coefficient (Wildman–Crippen LogP) is 5.26. The van der Waals surface area contributed by atoms with Gasteiger partial charge in [-0.15, -0.1) is 0 Å². The minimum Gasteiger partial charge on any atom is -0.291 e. The Morgan fingerprint density at radius 1 is 0.909 bits per heavy atom. The quantitative estimate of drug-likeness (QED) is 0.735. The summed E-state index contributed by atoms with van der Waals surface area (Å²) in [6.07, 6.45) is 7.38. The van der Waals surface area contributed by atoms with Crippen molar-refractivity contribution in [1.82, 2.24) is 4.90 Å². The van der Waals surface area contributed by atoms with Gasteiger partial charge in [-0.2, -0.15) is 0 Å². The third kappa shape index (κ3) is 2.94. The topological polar surface area (TPSA) is 20.3 Å². The fourth-order valence-corrected chi connectivity index (χ4v) is 2.77. The Balaban J connectivity index is 1.80. The maximum Gasteiger partial charge on any atom is 0.261 e. The molecule has 1 aliphatic heterocycles. The maximum atomic E-state index is 12.3. The van der Waals surface area contributed by atoms with Crippen LogP contribution in [0.2, 0.25) is 10.0 Å². The molecule has 0 atom stereocenters. The lowest BCUT2D eigenvalue weighted by Crippen LogP contribution is -2.22. The minimum absolute atomic E-state index is 0.00558. The van der Waals surface area contributed by atoms with E-state index in [1.807, 2.05) is 42.5 Å². The number of rotatable bonds is 2. The van der Waals surface area contributed by atoms with Crippen LogP contribution in [0.5, 0.6) is 0 Å². The van der Waals surface area contributed by atoms with Gasteiger partial charge in [0.1, 0.15) is 0 Å². The van der Waals surface area contributed by atoms with Crippen molar-refractivity contribution in [2.24, 2.45) is 0 Å². The van der Waals surface area contributed by atoms with E-state index in [2.05, 4.69) is 0 Å². The van der Waals surface area contributed by atoms with Crippen molar-refractivity contribution in [3.63, 3.8) is 0 Å². The molecule has 0 radical (unpaired) electrons. The normalized spacial score (nSPS) is 14.4. The molecule has 0 bridgehead atoms. The second-order valence-electron chi connectivity index (χ2n) is 4.93. The molecule has 3 rings (SSSR count). The van der Waals surface area contributed by atoms with E-state index in [9.17, 15) is 4.79 Å². The highest BCUT2D eigenvalue weighted by molar-refractivity contribution is 6.42. The summed E-state index contributed by atoms with van der Waals surface area (Å²) in [7, 11) is 0. The molecule has 1 amide bonds. The first-order valence-corrected chi connectivity index (χ1v) is 7.60. The van der Waals surface area contributed by atoms with Crippen LogP contribution >= 0.6 is 23.2 Å². The number of halogens is 2. The third-order valence-electron chi connectivity index (χ3n) is 3.50. The number of hydrogen-bond acceptors (Lipinski definition) is 1. The van der Waals surface area contributed by atoms with E-state index < -0.39 is 0 Å². The van der Waals surface area contributed by atoms with Crippen LogP contribution in [0.3, 0.4) is 0 Å². The van der Waals surface area contributed by atoms with Crippen LogP contribution in [0.4, 0.5) is 0 Å². The number of carbonyl (C=O) groups excluding carboxylic acids is 1. The van der Waals surface area contributed by atoms with Crippen LogP contribution in [0, 0.1) is 0 Å². The average molecular weight is 330 g/mol. The first kappa shape index (κ1) is 14.9. The van der Waals surface area contributed by atoms with Gasteiger partial charge in [0.25, 0.3) is 5.91 Å². The second kappa shape index (κ2) is 6.39. The van der Waals surface area contributed by atoms with Crippen molar-refractivity contribution in [2.45, 2.75) is 5.92 Å². The predicted molar refractivity (Wildman–Crippen MR) is 90.1 cm³/mol. The zero-order valence-electron chi connectivity index (χ0n) is 11.6. The van der Waals surface area contributed by atoms with E-state index in [0.29, 0.717) is 15.6 Å². The molecular weight excluding hydrogens is 317 g/mol. The fraction of sp³-hybridized carbons (Fsp3) is 0.0556. The number of hydrogen-bond donors (Lipinski definition) is 0. The van der Waals surface area contributed by atoms with E-state index in [0.717, 1.165) is 5.56 Å². The summed E-state index contributed by atoms with van der Waals surface area (Å²) in [6, 6.07) is 14.7. The molecule has 4 heteroatoms. The molecule has 0 aliphatic carbocycles. The van der Waals surface area contributed by atoms with Gasteiger partial charge >= 0.3 is 0 Å². The Morgan fingerprint density at radius 3 is 2.27 bits per heavy atom. The molecule has 0 fully saturated rings. The van der Waals surface area contributed by atoms with Gasteiger partial charge < -0.3 is 0 Å². The summed E-state index contributed by atoms with van der Waals surface area (Å²) in [6.45, 7) is 0. The molecule has 2 aromatic carbocycles. The van der Waals surface area contributed by atoms with Crippen LogP contribution < -0.4 is 0 Å². The van der Waals surface area contributed by atoms with Gasteiger partial charge in [-0.05, 0) is 23.8 Å². The number of nitrogens with zero attached hydrogens (tertiary/aromatic N) is 1. The van der Waals surface area contributed by atoms with Gasteiger partial charge in [0.05, 0.1) is 10.0 Å². The lowest BCUT2D eigenvalue weighted by molar-refractivity contribution is 0.0867. The Morgan fingerprint density at radius 2 is 1.59 bits per heavy atom. The molecule has 1 aliphatic rings. The Hall–Kier alpha value is -2.03. The Bertz CT molecular complexity index is 739. The molecule has 0 unspecified atom stereocenters. The summed E-state index contributed by atoms with van der Waals surface area (Å²) in [4.78, 5) is 13.9. The Kier molecular flexibility index (Phi) is 4.32. The van der Waals surface area contributed by atoms with E-state index in [1.54, 1.807) is 35.5 Å². The van der Waals surface area contributed by atoms with Gasteiger partial charge in [-0.25, -0.2) is 0 Å². The van der Waals surface area contributed by atoms with Gasteiger partial charge in [0.2, 0.25) is 0 Å². The second-order valence-corrected chi connectivity index (χ2v) is 5.72. The van der Waals surface area contributed by atoms with Crippen molar-refractivity contribution in [3.8, 4) is 0 Å². The van der Waals surface area contributed by atoms with E-state index in [-0.39, 0.29) is 11.8 Å². The highest BCUT2D eigenvalue weighted by Gasteiger charge is 2.18. The lowest BCUT2D eigenvalue weighted by Gasteiger charge is -2.21. The largest absolute Gasteiger partial charge is 0.291 e. The molecule has 2 nitrogen and oxygen atoms in total. The first-order valence-electron chi connectivity index (χ1n) is 6.85. The average Bonchev–Trinajstić information content (AvgIpc) is 2.58. The molecule has 110 valence electrons. The van der Waals surface area contributed by atoms with Crippen molar-refractivity contribution in [3.05, 3.63) is 94.3 Å². The zero-order chi connectivity index (χ0) is 15.5. The summed E-state index contributed by atoms with van der Waals surface area (Å²) in [5.41, 5.74) is 1.57.